The number of rotatable bonds is 6. The van der Waals surface area contributed by atoms with Gasteiger partial charge in [-0.1, -0.05) is 12.1 Å². The molecule has 6 heteroatoms. The van der Waals surface area contributed by atoms with Gasteiger partial charge in [0.15, 0.2) is 0 Å². The van der Waals surface area contributed by atoms with Crippen molar-refractivity contribution in [3.8, 4) is 0 Å². The van der Waals surface area contributed by atoms with E-state index >= 15 is 0 Å². The molecule has 1 rings (SSSR count). The third-order valence-corrected chi connectivity index (χ3v) is 3.91. The van der Waals surface area contributed by atoms with Crippen LogP contribution in [0.1, 0.15) is 19.4 Å². The van der Waals surface area contributed by atoms with Crippen LogP contribution < -0.4 is 10.0 Å². The molecule has 0 saturated carbocycles. The molecule has 0 fully saturated rings. The van der Waals surface area contributed by atoms with Crippen LogP contribution in [0, 0.1) is 3.57 Å². The minimum absolute atomic E-state index is 0.489. The molecule has 4 nitrogen and oxygen atoms in total. The lowest BCUT2D eigenvalue weighted by molar-refractivity contribution is 0.421. The lowest BCUT2D eigenvalue weighted by Crippen LogP contribution is -2.49. The summed E-state index contributed by atoms with van der Waals surface area (Å²) in [5, 5.41) is 3.25. The number of hydrogen-bond donors (Lipinski definition) is 2. The van der Waals surface area contributed by atoms with E-state index in [1.54, 1.807) is 0 Å². The fourth-order valence-electron chi connectivity index (χ4n) is 1.66. The summed E-state index contributed by atoms with van der Waals surface area (Å²) < 4.78 is 26.2. The van der Waals surface area contributed by atoms with Crippen molar-refractivity contribution in [1.29, 1.82) is 0 Å². The Bertz CT molecular complexity index is 483. The predicted octanol–water partition coefficient (Wildman–Crippen LogP) is 1.71. The summed E-state index contributed by atoms with van der Waals surface area (Å²) in [6.45, 7) is 5.02. The van der Waals surface area contributed by atoms with Crippen LogP contribution in [-0.2, 0) is 16.6 Å². The van der Waals surface area contributed by atoms with Crippen molar-refractivity contribution in [2.24, 2.45) is 0 Å². The smallest absolute Gasteiger partial charge is 0.209 e. The average molecular weight is 382 g/mol. The molecule has 0 amide bonds. The summed E-state index contributed by atoms with van der Waals surface area (Å²) >= 11 is 2.26. The lowest BCUT2D eigenvalue weighted by atomic mass is 10.1. The lowest BCUT2D eigenvalue weighted by Gasteiger charge is -2.25. The second kappa shape index (κ2) is 6.31. The quantitative estimate of drug-likeness (QED) is 0.737. The van der Waals surface area contributed by atoms with E-state index in [1.807, 2.05) is 13.8 Å². The highest BCUT2D eigenvalue weighted by atomic mass is 127. The number of sulfonamides is 1. The second-order valence-electron chi connectivity index (χ2n) is 4.99. The van der Waals surface area contributed by atoms with Crippen LogP contribution in [0.15, 0.2) is 24.3 Å². The van der Waals surface area contributed by atoms with Gasteiger partial charge in [-0.3, -0.25) is 0 Å². The van der Waals surface area contributed by atoms with E-state index in [-0.39, 0.29) is 0 Å². The Labute approximate surface area is 123 Å². The zero-order chi connectivity index (χ0) is 13.8. The SMILES string of the molecule is CC(C)(CNCc1ccc(I)cc1)NS(C)(=O)=O. The summed E-state index contributed by atoms with van der Waals surface area (Å²) in [5.41, 5.74) is 0.696. The Hall–Kier alpha value is -0.180. The molecule has 0 spiro atoms. The summed E-state index contributed by atoms with van der Waals surface area (Å²) in [4.78, 5) is 0. The van der Waals surface area contributed by atoms with Crippen LogP contribution in [0.2, 0.25) is 0 Å². The van der Waals surface area contributed by atoms with Crippen molar-refractivity contribution in [3.63, 3.8) is 0 Å². The van der Waals surface area contributed by atoms with E-state index in [0.717, 1.165) is 6.54 Å². The maximum absolute atomic E-state index is 11.2. The summed E-state index contributed by atoms with van der Waals surface area (Å²) in [6.07, 6.45) is 1.17. The first-order chi connectivity index (χ1) is 8.18. The van der Waals surface area contributed by atoms with E-state index in [9.17, 15) is 8.42 Å². The first-order valence-corrected chi connectivity index (χ1v) is 8.59. The first-order valence-electron chi connectivity index (χ1n) is 5.62. The van der Waals surface area contributed by atoms with Gasteiger partial charge < -0.3 is 5.32 Å². The van der Waals surface area contributed by atoms with Gasteiger partial charge in [0, 0.05) is 22.2 Å². The largest absolute Gasteiger partial charge is 0.311 e. The predicted molar refractivity (Wildman–Crippen MR) is 82.9 cm³/mol. The van der Waals surface area contributed by atoms with Gasteiger partial charge in [0.1, 0.15) is 0 Å². The zero-order valence-corrected chi connectivity index (χ0v) is 13.8. The Balaban J connectivity index is 2.43. The molecular formula is C12H19IN2O2S. The summed E-state index contributed by atoms with van der Waals surface area (Å²) in [7, 11) is -3.17. The van der Waals surface area contributed by atoms with E-state index in [4.69, 9.17) is 0 Å². The molecular weight excluding hydrogens is 363 g/mol. The average Bonchev–Trinajstić information content (AvgIpc) is 2.17. The Morgan fingerprint density at radius 3 is 2.28 bits per heavy atom. The van der Waals surface area contributed by atoms with Crippen molar-refractivity contribution < 1.29 is 8.42 Å². The molecule has 102 valence electrons. The molecule has 0 unspecified atom stereocenters. The maximum Gasteiger partial charge on any atom is 0.209 e. The molecule has 0 aliphatic rings. The highest BCUT2D eigenvalue weighted by Gasteiger charge is 2.21. The molecule has 0 bridgehead atoms. The highest BCUT2D eigenvalue weighted by molar-refractivity contribution is 14.1. The van der Waals surface area contributed by atoms with E-state index in [1.165, 1.54) is 15.4 Å². The minimum Gasteiger partial charge on any atom is -0.311 e. The van der Waals surface area contributed by atoms with Crippen LogP contribution in [0.5, 0.6) is 0 Å². The van der Waals surface area contributed by atoms with Crippen molar-refractivity contribution in [2.45, 2.75) is 25.9 Å². The van der Waals surface area contributed by atoms with Gasteiger partial charge >= 0.3 is 0 Å². The van der Waals surface area contributed by atoms with Crippen molar-refractivity contribution in [3.05, 3.63) is 33.4 Å². The first kappa shape index (κ1) is 15.9. The molecule has 0 aliphatic heterocycles. The van der Waals surface area contributed by atoms with Gasteiger partial charge in [-0.25, -0.2) is 13.1 Å². The molecule has 1 aromatic rings. The van der Waals surface area contributed by atoms with E-state index in [2.05, 4.69) is 56.9 Å². The number of benzene rings is 1. The third kappa shape index (κ3) is 6.67. The van der Waals surface area contributed by atoms with E-state index in [0.29, 0.717) is 6.54 Å². The Kier molecular flexibility index (Phi) is 5.57. The van der Waals surface area contributed by atoms with Crippen LogP contribution in [-0.4, -0.2) is 26.8 Å². The Morgan fingerprint density at radius 2 is 1.78 bits per heavy atom. The summed E-state index contributed by atoms with van der Waals surface area (Å²) in [6, 6.07) is 8.23. The number of nitrogens with one attached hydrogen (secondary N) is 2. The molecule has 2 N–H and O–H groups in total. The molecule has 0 radical (unpaired) electrons. The van der Waals surface area contributed by atoms with E-state index < -0.39 is 15.6 Å². The Morgan fingerprint density at radius 1 is 1.22 bits per heavy atom. The third-order valence-electron chi connectivity index (χ3n) is 2.27. The van der Waals surface area contributed by atoms with Crippen molar-refractivity contribution in [2.75, 3.05) is 12.8 Å². The number of halogens is 1. The zero-order valence-electron chi connectivity index (χ0n) is 10.8. The monoisotopic (exact) mass is 382 g/mol. The molecule has 0 aliphatic carbocycles. The molecule has 18 heavy (non-hydrogen) atoms. The fourth-order valence-corrected chi connectivity index (χ4v) is 3.10. The van der Waals surface area contributed by atoms with Gasteiger partial charge in [-0.05, 0) is 54.1 Å². The molecule has 0 atom stereocenters. The van der Waals surface area contributed by atoms with Gasteiger partial charge in [0.05, 0.1) is 6.26 Å². The molecule has 0 saturated heterocycles. The molecule has 0 aromatic heterocycles. The minimum atomic E-state index is -3.17. The maximum atomic E-state index is 11.2. The van der Waals surface area contributed by atoms with Gasteiger partial charge in [0.2, 0.25) is 10.0 Å². The second-order valence-corrected chi connectivity index (χ2v) is 7.98. The van der Waals surface area contributed by atoms with Crippen LogP contribution in [0.25, 0.3) is 0 Å². The van der Waals surface area contributed by atoms with Gasteiger partial charge in [-0.2, -0.15) is 0 Å². The van der Waals surface area contributed by atoms with Crippen molar-refractivity contribution in [1.82, 2.24) is 10.0 Å². The normalized spacial score (nSPS) is 12.7. The van der Waals surface area contributed by atoms with Gasteiger partial charge in [-0.15, -0.1) is 0 Å². The van der Waals surface area contributed by atoms with Crippen LogP contribution in [0.4, 0.5) is 0 Å². The fraction of sp³-hybridized carbons (Fsp3) is 0.500. The molecule has 0 heterocycles. The van der Waals surface area contributed by atoms with Crippen molar-refractivity contribution >= 4 is 32.6 Å². The summed E-state index contributed by atoms with van der Waals surface area (Å²) in [5.74, 6) is 0. The number of hydrogen-bond acceptors (Lipinski definition) is 3. The molecule has 1 aromatic carbocycles. The van der Waals surface area contributed by atoms with Crippen LogP contribution in [0.3, 0.4) is 0 Å². The topological polar surface area (TPSA) is 58.2 Å². The standard InChI is InChI=1S/C12H19IN2O2S/c1-12(2,15-18(3,16)17)9-14-8-10-4-6-11(13)7-5-10/h4-7,14-15H,8-9H2,1-3H3. The van der Waals surface area contributed by atoms with Gasteiger partial charge in [0.25, 0.3) is 0 Å². The van der Waals surface area contributed by atoms with Crippen LogP contribution >= 0.6 is 22.6 Å². The highest BCUT2D eigenvalue weighted by Crippen LogP contribution is 2.07.